The van der Waals surface area contributed by atoms with Crippen LogP contribution < -0.4 is 4.74 Å². The van der Waals surface area contributed by atoms with Crippen LogP contribution in [0.15, 0.2) is 24.3 Å². The number of benzene rings is 1. The summed E-state index contributed by atoms with van der Waals surface area (Å²) < 4.78 is 19.6. The number of aromatic nitrogens is 1. The minimum Gasteiger partial charge on any atom is -0.496 e. The van der Waals surface area contributed by atoms with E-state index in [4.69, 9.17) is 4.74 Å². The van der Waals surface area contributed by atoms with Gasteiger partial charge in [-0.2, -0.15) is 0 Å². The molecule has 0 aliphatic carbocycles. The minimum atomic E-state index is -0.221. The van der Waals surface area contributed by atoms with E-state index in [0.717, 1.165) is 22.5 Å². The molecule has 2 nitrogen and oxygen atoms in total. The van der Waals surface area contributed by atoms with Gasteiger partial charge in [0.15, 0.2) is 0 Å². The monoisotopic (exact) mass is 301 g/mol. The molecule has 0 saturated heterocycles. The quantitative estimate of drug-likeness (QED) is 0.749. The Morgan fingerprint density at radius 3 is 2.23 bits per heavy atom. The molecule has 0 N–H and O–H groups in total. The molecule has 0 unspecified atom stereocenters. The van der Waals surface area contributed by atoms with Gasteiger partial charge in [0, 0.05) is 22.9 Å². The van der Waals surface area contributed by atoms with Crippen molar-refractivity contribution in [3.05, 3.63) is 47.0 Å². The molecule has 0 amide bonds. The molecule has 22 heavy (non-hydrogen) atoms. The fourth-order valence-electron chi connectivity index (χ4n) is 2.64. The van der Waals surface area contributed by atoms with Crippen LogP contribution in [0.2, 0.25) is 0 Å². The van der Waals surface area contributed by atoms with Crippen molar-refractivity contribution in [3.63, 3.8) is 0 Å². The van der Waals surface area contributed by atoms with E-state index in [9.17, 15) is 4.39 Å². The average Bonchev–Trinajstić information content (AvgIpc) is 2.46. The van der Waals surface area contributed by atoms with Crippen LogP contribution in [-0.4, -0.2) is 12.1 Å². The molecule has 1 aromatic carbocycles. The van der Waals surface area contributed by atoms with E-state index in [0.29, 0.717) is 11.3 Å². The maximum atomic E-state index is 14.2. The molecule has 0 saturated carbocycles. The van der Waals surface area contributed by atoms with Crippen LogP contribution in [0.4, 0.5) is 4.39 Å². The van der Waals surface area contributed by atoms with Crippen LogP contribution in [0.3, 0.4) is 0 Å². The van der Waals surface area contributed by atoms with Crippen LogP contribution in [0, 0.1) is 12.7 Å². The lowest BCUT2D eigenvalue weighted by molar-refractivity contribution is 0.412. The van der Waals surface area contributed by atoms with Crippen molar-refractivity contribution < 1.29 is 9.13 Å². The molecule has 1 heterocycles. The third kappa shape index (κ3) is 3.13. The Balaban J connectivity index is 2.73. The summed E-state index contributed by atoms with van der Waals surface area (Å²) in [5.41, 5.74) is 4.62. The van der Waals surface area contributed by atoms with Crippen LogP contribution in [0.5, 0.6) is 5.75 Å². The number of pyridine rings is 1. The van der Waals surface area contributed by atoms with E-state index in [1.54, 1.807) is 7.11 Å². The fourth-order valence-corrected chi connectivity index (χ4v) is 2.64. The Hall–Kier alpha value is -1.90. The molecule has 0 radical (unpaired) electrons. The summed E-state index contributed by atoms with van der Waals surface area (Å²) >= 11 is 0. The molecular formula is C19H24FNO. The minimum absolute atomic E-state index is 0.116. The van der Waals surface area contributed by atoms with E-state index in [2.05, 4.69) is 24.9 Å². The first kappa shape index (κ1) is 16.5. The van der Waals surface area contributed by atoms with E-state index < -0.39 is 0 Å². The number of ether oxygens (including phenoxy) is 1. The first-order valence-electron chi connectivity index (χ1n) is 7.70. The third-order valence-electron chi connectivity index (χ3n) is 3.84. The van der Waals surface area contributed by atoms with Crippen molar-refractivity contribution in [2.45, 2.75) is 46.5 Å². The van der Waals surface area contributed by atoms with Gasteiger partial charge >= 0.3 is 0 Å². The maximum Gasteiger partial charge on any atom is 0.130 e. The van der Waals surface area contributed by atoms with E-state index in [1.807, 2.05) is 32.9 Å². The molecule has 0 fully saturated rings. The topological polar surface area (TPSA) is 22.1 Å². The predicted molar refractivity (Wildman–Crippen MR) is 89.1 cm³/mol. The average molecular weight is 301 g/mol. The lowest BCUT2D eigenvalue weighted by Crippen LogP contribution is -2.02. The summed E-state index contributed by atoms with van der Waals surface area (Å²) in [4.78, 5) is 4.67. The standard InChI is InChI=1S/C19H24FNO/c1-11(2)15-9-16(18(22-6)10-17(15)20)14-8-7-13(5)21-19(14)12(3)4/h7-12H,1-6H3. The maximum absolute atomic E-state index is 14.2. The number of hydrogen-bond donors (Lipinski definition) is 0. The van der Waals surface area contributed by atoms with Gasteiger partial charge in [-0.05, 0) is 36.5 Å². The number of hydrogen-bond acceptors (Lipinski definition) is 2. The Kier molecular flexibility index (Phi) is 4.84. The van der Waals surface area contributed by atoms with Crippen LogP contribution >= 0.6 is 0 Å². The van der Waals surface area contributed by atoms with Crippen LogP contribution in [0.25, 0.3) is 11.1 Å². The SMILES string of the molecule is COc1cc(F)c(C(C)C)cc1-c1ccc(C)nc1C(C)C. The fraction of sp³-hybridized carbons (Fsp3) is 0.421. The van der Waals surface area contributed by atoms with Gasteiger partial charge in [0.2, 0.25) is 0 Å². The van der Waals surface area contributed by atoms with Crippen molar-refractivity contribution in [1.82, 2.24) is 4.98 Å². The summed E-state index contributed by atoms with van der Waals surface area (Å²) in [6, 6.07) is 7.42. The summed E-state index contributed by atoms with van der Waals surface area (Å²) in [5.74, 6) is 0.731. The van der Waals surface area contributed by atoms with E-state index in [1.165, 1.54) is 6.07 Å². The Morgan fingerprint density at radius 2 is 1.68 bits per heavy atom. The summed E-state index contributed by atoms with van der Waals surface area (Å²) in [5, 5.41) is 0. The Bertz CT molecular complexity index is 677. The van der Waals surface area contributed by atoms with Gasteiger partial charge in [0.05, 0.1) is 12.8 Å². The van der Waals surface area contributed by atoms with Crippen molar-refractivity contribution in [2.24, 2.45) is 0 Å². The Labute approximate surface area is 132 Å². The zero-order chi connectivity index (χ0) is 16.4. The van der Waals surface area contributed by atoms with Gasteiger partial charge < -0.3 is 4.74 Å². The highest BCUT2D eigenvalue weighted by molar-refractivity contribution is 5.74. The number of methoxy groups -OCH3 is 1. The largest absolute Gasteiger partial charge is 0.496 e. The van der Waals surface area contributed by atoms with E-state index in [-0.39, 0.29) is 17.7 Å². The lowest BCUT2D eigenvalue weighted by Gasteiger charge is -2.18. The van der Waals surface area contributed by atoms with Crippen molar-refractivity contribution in [2.75, 3.05) is 7.11 Å². The van der Waals surface area contributed by atoms with Gasteiger partial charge in [0.1, 0.15) is 11.6 Å². The molecule has 0 aliphatic rings. The van der Waals surface area contributed by atoms with Crippen molar-refractivity contribution >= 4 is 0 Å². The smallest absolute Gasteiger partial charge is 0.130 e. The third-order valence-corrected chi connectivity index (χ3v) is 3.84. The first-order chi connectivity index (χ1) is 10.3. The van der Waals surface area contributed by atoms with Crippen LogP contribution in [-0.2, 0) is 0 Å². The van der Waals surface area contributed by atoms with Gasteiger partial charge in [0.25, 0.3) is 0 Å². The summed E-state index contributed by atoms with van der Waals surface area (Å²) in [6.45, 7) is 10.2. The van der Waals surface area contributed by atoms with Crippen LogP contribution in [0.1, 0.15) is 56.5 Å². The van der Waals surface area contributed by atoms with Crippen molar-refractivity contribution in [3.8, 4) is 16.9 Å². The summed E-state index contributed by atoms with van der Waals surface area (Å²) in [7, 11) is 1.57. The highest BCUT2D eigenvalue weighted by Crippen LogP contribution is 2.37. The second-order valence-corrected chi connectivity index (χ2v) is 6.27. The number of halogens is 1. The van der Waals surface area contributed by atoms with Gasteiger partial charge in [-0.15, -0.1) is 0 Å². The van der Waals surface area contributed by atoms with Crippen molar-refractivity contribution in [1.29, 1.82) is 0 Å². The van der Waals surface area contributed by atoms with Gasteiger partial charge in [-0.25, -0.2) is 4.39 Å². The zero-order valence-electron chi connectivity index (χ0n) is 14.2. The number of rotatable bonds is 4. The molecule has 1 aromatic heterocycles. The predicted octanol–water partition coefficient (Wildman–Crippen LogP) is 5.45. The molecule has 3 heteroatoms. The normalized spacial score (nSPS) is 11.3. The second kappa shape index (κ2) is 6.47. The molecule has 0 bridgehead atoms. The molecule has 0 aliphatic heterocycles. The Morgan fingerprint density at radius 1 is 1.00 bits per heavy atom. The highest BCUT2D eigenvalue weighted by atomic mass is 19.1. The van der Waals surface area contributed by atoms with Gasteiger partial charge in [-0.3, -0.25) is 4.98 Å². The van der Waals surface area contributed by atoms with E-state index >= 15 is 0 Å². The zero-order valence-corrected chi connectivity index (χ0v) is 14.2. The second-order valence-electron chi connectivity index (χ2n) is 6.27. The molecule has 118 valence electrons. The molecule has 0 atom stereocenters. The highest BCUT2D eigenvalue weighted by Gasteiger charge is 2.18. The lowest BCUT2D eigenvalue weighted by atomic mass is 9.92. The molecule has 2 rings (SSSR count). The van der Waals surface area contributed by atoms with Gasteiger partial charge in [-0.1, -0.05) is 33.8 Å². The number of nitrogens with zero attached hydrogens (tertiary/aromatic N) is 1. The number of aryl methyl sites for hydroxylation is 1. The molecular weight excluding hydrogens is 277 g/mol. The summed E-state index contributed by atoms with van der Waals surface area (Å²) in [6.07, 6.45) is 0. The molecule has 0 spiro atoms. The first-order valence-corrected chi connectivity index (χ1v) is 7.70. The molecule has 2 aromatic rings.